The summed E-state index contributed by atoms with van der Waals surface area (Å²) >= 11 is 0. The summed E-state index contributed by atoms with van der Waals surface area (Å²) in [5, 5.41) is 3.39. The standard InChI is InChI=1S/C16H21NO/c1-4-13-6-5-7-14(10-13)15-8-9-18-16(15)11-17-12(2)3/h5-10,12,17H,4,11H2,1-3H3. The zero-order valence-electron chi connectivity index (χ0n) is 11.4. The molecule has 0 atom stereocenters. The van der Waals surface area contributed by atoms with Gasteiger partial charge in [0.1, 0.15) is 5.76 Å². The predicted molar refractivity (Wildman–Crippen MR) is 75.5 cm³/mol. The average Bonchev–Trinajstić information content (AvgIpc) is 2.84. The highest BCUT2D eigenvalue weighted by Crippen LogP contribution is 2.25. The van der Waals surface area contributed by atoms with E-state index in [1.165, 1.54) is 16.7 Å². The maximum Gasteiger partial charge on any atom is 0.125 e. The van der Waals surface area contributed by atoms with Gasteiger partial charge in [0.25, 0.3) is 0 Å². The predicted octanol–water partition coefficient (Wildman–Crippen LogP) is 4.01. The van der Waals surface area contributed by atoms with Crippen molar-refractivity contribution in [1.29, 1.82) is 0 Å². The van der Waals surface area contributed by atoms with Crippen LogP contribution in [0, 0.1) is 0 Å². The van der Waals surface area contributed by atoms with Crippen molar-refractivity contribution in [3.8, 4) is 11.1 Å². The number of hydrogen-bond acceptors (Lipinski definition) is 2. The second kappa shape index (κ2) is 5.87. The van der Waals surface area contributed by atoms with E-state index in [2.05, 4.69) is 50.4 Å². The van der Waals surface area contributed by atoms with Crippen LogP contribution >= 0.6 is 0 Å². The van der Waals surface area contributed by atoms with Crippen molar-refractivity contribution >= 4 is 0 Å². The van der Waals surface area contributed by atoms with Crippen LogP contribution in [0.15, 0.2) is 41.0 Å². The highest BCUT2D eigenvalue weighted by molar-refractivity contribution is 5.66. The zero-order valence-corrected chi connectivity index (χ0v) is 11.4. The molecule has 2 heteroatoms. The Bertz CT molecular complexity index is 499. The molecule has 1 aromatic carbocycles. The van der Waals surface area contributed by atoms with Crippen LogP contribution in [0.4, 0.5) is 0 Å². The van der Waals surface area contributed by atoms with Gasteiger partial charge in [-0.3, -0.25) is 0 Å². The fraction of sp³-hybridized carbons (Fsp3) is 0.375. The molecule has 0 spiro atoms. The monoisotopic (exact) mass is 243 g/mol. The first-order valence-electron chi connectivity index (χ1n) is 6.59. The van der Waals surface area contributed by atoms with Gasteiger partial charge < -0.3 is 9.73 Å². The van der Waals surface area contributed by atoms with Crippen LogP contribution in [0.3, 0.4) is 0 Å². The first-order valence-corrected chi connectivity index (χ1v) is 6.59. The van der Waals surface area contributed by atoms with Crippen molar-refractivity contribution < 1.29 is 4.42 Å². The lowest BCUT2D eigenvalue weighted by atomic mass is 10.0. The van der Waals surface area contributed by atoms with Crippen molar-refractivity contribution in [1.82, 2.24) is 5.32 Å². The number of rotatable bonds is 5. The van der Waals surface area contributed by atoms with Crippen LogP contribution in [0.2, 0.25) is 0 Å². The summed E-state index contributed by atoms with van der Waals surface area (Å²) in [6, 6.07) is 11.2. The quantitative estimate of drug-likeness (QED) is 0.858. The minimum Gasteiger partial charge on any atom is -0.467 e. The largest absolute Gasteiger partial charge is 0.467 e. The van der Waals surface area contributed by atoms with Gasteiger partial charge in [-0.25, -0.2) is 0 Å². The summed E-state index contributed by atoms with van der Waals surface area (Å²) in [6.07, 6.45) is 2.83. The van der Waals surface area contributed by atoms with Gasteiger partial charge in [-0.15, -0.1) is 0 Å². The zero-order chi connectivity index (χ0) is 13.0. The first kappa shape index (κ1) is 12.9. The van der Waals surface area contributed by atoms with Gasteiger partial charge in [0.05, 0.1) is 12.8 Å². The summed E-state index contributed by atoms with van der Waals surface area (Å²) in [5.41, 5.74) is 3.79. The Morgan fingerprint density at radius 1 is 1.22 bits per heavy atom. The molecular weight excluding hydrogens is 222 g/mol. The van der Waals surface area contributed by atoms with Crippen molar-refractivity contribution in [2.45, 2.75) is 39.8 Å². The smallest absolute Gasteiger partial charge is 0.125 e. The molecule has 0 radical (unpaired) electrons. The molecule has 18 heavy (non-hydrogen) atoms. The number of hydrogen-bond donors (Lipinski definition) is 1. The molecular formula is C16H21NO. The van der Waals surface area contributed by atoms with Crippen molar-refractivity contribution in [2.24, 2.45) is 0 Å². The van der Waals surface area contributed by atoms with Gasteiger partial charge in [0.15, 0.2) is 0 Å². The Balaban J connectivity index is 2.24. The molecule has 1 heterocycles. The molecule has 0 saturated carbocycles. The van der Waals surface area contributed by atoms with E-state index >= 15 is 0 Å². The molecule has 0 aliphatic rings. The van der Waals surface area contributed by atoms with Gasteiger partial charge >= 0.3 is 0 Å². The van der Waals surface area contributed by atoms with Crippen LogP contribution in [0.1, 0.15) is 32.1 Å². The van der Waals surface area contributed by atoms with Crippen LogP contribution < -0.4 is 5.32 Å². The maximum absolute atomic E-state index is 5.58. The van der Waals surface area contributed by atoms with Crippen LogP contribution in [-0.4, -0.2) is 6.04 Å². The second-order valence-electron chi connectivity index (χ2n) is 4.85. The van der Waals surface area contributed by atoms with Gasteiger partial charge in [-0.1, -0.05) is 45.0 Å². The molecule has 1 N–H and O–H groups in total. The molecule has 0 aliphatic carbocycles. The Labute approximate surface area is 109 Å². The van der Waals surface area contributed by atoms with E-state index < -0.39 is 0 Å². The SMILES string of the molecule is CCc1cccc(-c2ccoc2CNC(C)C)c1. The maximum atomic E-state index is 5.58. The fourth-order valence-corrected chi connectivity index (χ4v) is 1.99. The molecule has 0 unspecified atom stereocenters. The van der Waals surface area contributed by atoms with Crippen LogP contribution in [0.25, 0.3) is 11.1 Å². The lowest BCUT2D eigenvalue weighted by Crippen LogP contribution is -2.21. The molecule has 2 rings (SSSR count). The summed E-state index contributed by atoms with van der Waals surface area (Å²) in [4.78, 5) is 0. The Kier molecular flexibility index (Phi) is 4.21. The summed E-state index contributed by atoms with van der Waals surface area (Å²) in [5.74, 6) is 1.01. The van der Waals surface area contributed by atoms with E-state index in [0.29, 0.717) is 6.04 Å². The molecule has 0 saturated heterocycles. The highest BCUT2D eigenvalue weighted by Gasteiger charge is 2.09. The number of aryl methyl sites for hydroxylation is 1. The Hall–Kier alpha value is -1.54. The van der Waals surface area contributed by atoms with Gasteiger partial charge in [-0.2, -0.15) is 0 Å². The van der Waals surface area contributed by atoms with Gasteiger partial charge in [-0.05, 0) is 23.6 Å². The van der Waals surface area contributed by atoms with E-state index in [0.717, 1.165) is 18.7 Å². The lowest BCUT2D eigenvalue weighted by molar-refractivity contribution is 0.466. The number of furan rings is 1. The summed E-state index contributed by atoms with van der Waals surface area (Å²) in [6.45, 7) is 7.23. The molecule has 0 bridgehead atoms. The van der Waals surface area contributed by atoms with Crippen molar-refractivity contribution in [3.05, 3.63) is 47.9 Å². The topological polar surface area (TPSA) is 25.2 Å². The fourth-order valence-electron chi connectivity index (χ4n) is 1.99. The Morgan fingerprint density at radius 3 is 2.78 bits per heavy atom. The van der Waals surface area contributed by atoms with E-state index in [1.807, 2.05) is 6.07 Å². The molecule has 0 amide bonds. The molecule has 2 nitrogen and oxygen atoms in total. The molecule has 0 aliphatic heterocycles. The Morgan fingerprint density at radius 2 is 2.06 bits per heavy atom. The lowest BCUT2D eigenvalue weighted by Gasteiger charge is -2.08. The minimum absolute atomic E-state index is 0.463. The first-order chi connectivity index (χ1) is 8.70. The van der Waals surface area contributed by atoms with E-state index in [9.17, 15) is 0 Å². The number of benzene rings is 1. The average molecular weight is 243 g/mol. The minimum atomic E-state index is 0.463. The number of nitrogens with one attached hydrogen (secondary N) is 1. The van der Waals surface area contributed by atoms with Crippen LogP contribution in [-0.2, 0) is 13.0 Å². The summed E-state index contributed by atoms with van der Waals surface area (Å²) < 4.78 is 5.58. The second-order valence-corrected chi connectivity index (χ2v) is 4.85. The third kappa shape index (κ3) is 3.02. The molecule has 0 fully saturated rings. The van der Waals surface area contributed by atoms with Crippen molar-refractivity contribution in [3.63, 3.8) is 0 Å². The van der Waals surface area contributed by atoms with E-state index in [4.69, 9.17) is 4.42 Å². The van der Waals surface area contributed by atoms with Crippen molar-refractivity contribution in [2.75, 3.05) is 0 Å². The molecule has 2 aromatic rings. The van der Waals surface area contributed by atoms with Crippen LogP contribution in [0.5, 0.6) is 0 Å². The van der Waals surface area contributed by atoms with Gasteiger partial charge in [0.2, 0.25) is 0 Å². The summed E-state index contributed by atoms with van der Waals surface area (Å²) in [7, 11) is 0. The third-order valence-corrected chi connectivity index (χ3v) is 3.06. The third-order valence-electron chi connectivity index (χ3n) is 3.06. The highest BCUT2D eigenvalue weighted by atomic mass is 16.3. The van der Waals surface area contributed by atoms with E-state index in [1.54, 1.807) is 6.26 Å². The van der Waals surface area contributed by atoms with E-state index in [-0.39, 0.29) is 0 Å². The molecule has 1 aromatic heterocycles. The molecule has 96 valence electrons. The normalized spacial score (nSPS) is 11.1. The van der Waals surface area contributed by atoms with Gasteiger partial charge in [0, 0.05) is 11.6 Å².